The van der Waals surface area contributed by atoms with Crippen LogP contribution in [0.2, 0.25) is 0 Å². The molecule has 1 fully saturated rings. The van der Waals surface area contributed by atoms with E-state index < -0.39 is 21.6 Å². The standard InChI is InChI=1S/C22H20F3N3O4S/c23-22(24,25)16-6-9-20(26-14-16)27-10-12-28(13-11-27)21(29)19-8-7-17(32-19)15-33(30,31)18-4-2-1-3-5-18/h1-9,14H,10-13,15H2. The second-order valence-electron chi connectivity index (χ2n) is 7.52. The van der Waals surface area contributed by atoms with Gasteiger partial charge in [-0.25, -0.2) is 13.4 Å². The molecule has 4 rings (SSSR count). The van der Waals surface area contributed by atoms with Crippen LogP contribution in [0.4, 0.5) is 19.0 Å². The molecule has 11 heteroatoms. The smallest absolute Gasteiger partial charge is 0.417 e. The van der Waals surface area contributed by atoms with Crippen molar-refractivity contribution in [3.05, 3.63) is 77.9 Å². The van der Waals surface area contributed by atoms with Gasteiger partial charge < -0.3 is 14.2 Å². The van der Waals surface area contributed by atoms with Crippen LogP contribution in [0.15, 0.2) is 70.1 Å². The first-order valence-electron chi connectivity index (χ1n) is 10.1. The number of anilines is 1. The second-order valence-corrected chi connectivity index (χ2v) is 9.51. The molecule has 0 N–H and O–H groups in total. The van der Waals surface area contributed by atoms with E-state index in [1.165, 1.54) is 30.3 Å². The zero-order valence-electron chi connectivity index (χ0n) is 17.3. The predicted octanol–water partition coefficient (Wildman–Crippen LogP) is 3.63. The third-order valence-electron chi connectivity index (χ3n) is 5.27. The molecular weight excluding hydrogens is 459 g/mol. The van der Waals surface area contributed by atoms with Gasteiger partial charge in [-0.3, -0.25) is 4.79 Å². The largest absolute Gasteiger partial charge is 0.455 e. The average molecular weight is 479 g/mol. The van der Waals surface area contributed by atoms with E-state index in [1.807, 2.05) is 0 Å². The monoisotopic (exact) mass is 479 g/mol. The predicted molar refractivity (Wildman–Crippen MR) is 113 cm³/mol. The summed E-state index contributed by atoms with van der Waals surface area (Å²) in [6.45, 7) is 1.42. The minimum absolute atomic E-state index is 0.0365. The van der Waals surface area contributed by atoms with Crippen molar-refractivity contribution in [2.24, 2.45) is 0 Å². The maximum absolute atomic E-state index is 12.8. The Bertz CT molecular complexity index is 1220. The SMILES string of the molecule is O=C(c1ccc(CS(=O)(=O)c2ccccc2)o1)N1CCN(c2ccc(C(F)(F)F)cn2)CC1. The van der Waals surface area contributed by atoms with Gasteiger partial charge in [0.25, 0.3) is 5.91 Å². The summed E-state index contributed by atoms with van der Waals surface area (Å²) in [5, 5.41) is 0. The van der Waals surface area contributed by atoms with E-state index in [2.05, 4.69) is 4.98 Å². The number of alkyl halides is 3. The molecule has 1 aromatic carbocycles. The first-order valence-corrected chi connectivity index (χ1v) is 11.7. The quantitative estimate of drug-likeness (QED) is 0.556. The number of furan rings is 1. The van der Waals surface area contributed by atoms with Crippen LogP contribution in [0.3, 0.4) is 0 Å². The number of piperazine rings is 1. The normalized spacial score (nSPS) is 15.0. The van der Waals surface area contributed by atoms with E-state index in [0.29, 0.717) is 32.0 Å². The van der Waals surface area contributed by atoms with E-state index in [-0.39, 0.29) is 28.1 Å². The van der Waals surface area contributed by atoms with Crippen LogP contribution >= 0.6 is 0 Å². The van der Waals surface area contributed by atoms with Gasteiger partial charge in [0.1, 0.15) is 17.3 Å². The number of carbonyl (C=O) groups excluding carboxylic acids is 1. The van der Waals surface area contributed by atoms with Crippen LogP contribution in [0.1, 0.15) is 21.9 Å². The summed E-state index contributed by atoms with van der Waals surface area (Å²) >= 11 is 0. The van der Waals surface area contributed by atoms with Gasteiger partial charge in [0.05, 0.1) is 10.5 Å². The molecule has 0 spiro atoms. The van der Waals surface area contributed by atoms with Crippen LogP contribution in [0.5, 0.6) is 0 Å². The van der Waals surface area contributed by atoms with E-state index >= 15 is 0 Å². The van der Waals surface area contributed by atoms with Gasteiger partial charge >= 0.3 is 6.18 Å². The van der Waals surface area contributed by atoms with E-state index in [1.54, 1.807) is 28.0 Å². The molecule has 1 amide bonds. The highest BCUT2D eigenvalue weighted by atomic mass is 32.2. The number of pyridine rings is 1. The molecule has 1 aliphatic rings. The van der Waals surface area contributed by atoms with E-state index in [4.69, 9.17) is 4.42 Å². The Morgan fingerprint density at radius 3 is 2.27 bits per heavy atom. The Kier molecular flexibility index (Phi) is 6.15. The highest BCUT2D eigenvalue weighted by Crippen LogP contribution is 2.29. The average Bonchev–Trinajstić information content (AvgIpc) is 3.26. The summed E-state index contributed by atoms with van der Waals surface area (Å²) in [5.74, 6) is -0.137. The van der Waals surface area contributed by atoms with Crippen molar-refractivity contribution in [1.82, 2.24) is 9.88 Å². The maximum Gasteiger partial charge on any atom is 0.417 e. The van der Waals surface area contributed by atoms with Gasteiger partial charge in [0.15, 0.2) is 15.6 Å². The lowest BCUT2D eigenvalue weighted by molar-refractivity contribution is -0.137. The number of rotatable bonds is 5. The summed E-state index contributed by atoms with van der Waals surface area (Å²) in [6.07, 6.45) is -3.65. The van der Waals surface area contributed by atoms with Crippen LogP contribution in [-0.2, 0) is 21.8 Å². The molecular formula is C22H20F3N3O4S. The number of sulfone groups is 1. The van der Waals surface area contributed by atoms with Crippen LogP contribution in [-0.4, -0.2) is 50.4 Å². The fourth-order valence-corrected chi connectivity index (χ4v) is 4.77. The summed E-state index contributed by atoms with van der Waals surface area (Å²) in [7, 11) is -3.60. The van der Waals surface area contributed by atoms with Crippen molar-refractivity contribution >= 4 is 21.6 Å². The Hall–Kier alpha value is -3.34. The molecule has 0 saturated carbocycles. The number of benzene rings is 1. The summed E-state index contributed by atoms with van der Waals surface area (Å²) < 4.78 is 68.6. The summed E-state index contributed by atoms with van der Waals surface area (Å²) in [6, 6.07) is 13.2. The molecule has 7 nitrogen and oxygen atoms in total. The zero-order chi connectivity index (χ0) is 23.6. The summed E-state index contributed by atoms with van der Waals surface area (Å²) in [5.41, 5.74) is -0.817. The Balaban J connectivity index is 1.36. The molecule has 0 bridgehead atoms. The lowest BCUT2D eigenvalue weighted by Crippen LogP contribution is -2.49. The Morgan fingerprint density at radius 2 is 1.67 bits per heavy atom. The molecule has 33 heavy (non-hydrogen) atoms. The number of hydrogen-bond donors (Lipinski definition) is 0. The molecule has 0 radical (unpaired) electrons. The molecule has 1 saturated heterocycles. The first-order chi connectivity index (χ1) is 15.6. The van der Waals surface area contributed by atoms with Crippen molar-refractivity contribution in [3.8, 4) is 0 Å². The van der Waals surface area contributed by atoms with E-state index in [9.17, 15) is 26.4 Å². The van der Waals surface area contributed by atoms with Gasteiger partial charge in [0, 0.05) is 32.4 Å². The second kappa shape index (κ2) is 8.89. The molecule has 0 unspecified atom stereocenters. The third kappa shape index (κ3) is 5.19. The Labute approximate surface area is 188 Å². The molecule has 1 aliphatic heterocycles. The number of nitrogens with zero attached hydrogens (tertiary/aromatic N) is 3. The molecule has 2 aromatic heterocycles. The van der Waals surface area contributed by atoms with Crippen LogP contribution < -0.4 is 4.90 Å². The van der Waals surface area contributed by atoms with Gasteiger partial charge in [-0.05, 0) is 36.4 Å². The van der Waals surface area contributed by atoms with Crippen LogP contribution in [0.25, 0.3) is 0 Å². The first kappa shape index (κ1) is 22.8. The van der Waals surface area contributed by atoms with Crippen molar-refractivity contribution in [1.29, 1.82) is 0 Å². The Morgan fingerprint density at radius 1 is 0.970 bits per heavy atom. The highest BCUT2D eigenvalue weighted by Gasteiger charge is 2.31. The van der Waals surface area contributed by atoms with Crippen molar-refractivity contribution in [3.63, 3.8) is 0 Å². The van der Waals surface area contributed by atoms with E-state index in [0.717, 1.165) is 12.3 Å². The van der Waals surface area contributed by atoms with Crippen molar-refractivity contribution in [2.75, 3.05) is 31.1 Å². The fourth-order valence-electron chi connectivity index (χ4n) is 3.50. The number of halogens is 3. The maximum atomic E-state index is 12.8. The van der Waals surface area contributed by atoms with Gasteiger partial charge in [-0.2, -0.15) is 13.2 Å². The lowest BCUT2D eigenvalue weighted by atomic mass is 10.2. The molecule has 3 aromatic rings. The third-order valence-corrected chi connectivity index (χ3v) is 6.93. The van der Waals surface area contributed by atoms with Crippen molar-refractivity contribution < 1.29 is 30.8 Å². The molecule has 3 heterocycles. The lowest BCUT2D eigenvalue weighted by Gasteiger charge is -2.35. The highest BCUT2D eigenvalue weighted by molar-refractivity contribution is 7.90. The molecule has 0 aliphatic carbocycles. The van der Waals surface area contributed by atoms with Crippen molar-refractivity contribution in [2.45, 2.75) is 16.8 Å². The number of aromatic nitrogens is 1. The molecule has 174 valence electrons. The number of carbonyl (C=O) groups is 1. The van der Waals surface area contributed by atoms with Gasteiger partial charge in [0.2, 0.25) is 0 Å². The number of hydrogen-bond acceptors (Lipinski definition) is 6. The fraction of sp³-hybridized carbons (Fsp3) is 0.273. The van der Waals surface area contributed by atoms with Crippen LogP contribution in [0, 0.1) is 0 Å². The minimum atomic E-state index is -4.45. The minimum Gasteiger partial charge on any atom is -0.455 e. The van der Waals surface area contributed by atoms with Gasteiger partial charge in [-0.15, -0.1) is 0 Å². The zero-order valence-corrected chi connectivity index (χ0v) is 18.1. The topological polar surface area (TPSA) is 83.7 Å². The van der Waals surface area contributed by atoms with Gasteiger partial charge in [-0.1, -0.05) is 18.2 Å². The number of amides is 1. The molecule has 0 atom stereocenters. The summed E-state index contributed by atoms with van der Waals surface area (Å²) in [4.78, 5) is 20.2.